The Hall–Kier alpha value is -0.830. The van der Waals surface area contributed by atoms with Crippen molar-refractivity contribution < 1.29 is 9.53 Å². The topological polar surface area (TPSA) is 26.3 Å². The van der Waals surface area contributed by atoms with E-state index in [4.69, 9.17) is 4.74 Å². The smallest absolute Gasteiger partial charge is 0.338 e. The Morgan fingerprint density at radius 2 is 1.88 bits per heavy atom. The van der Waals surface area contributed by atoms with Crippen molar-refractivity contribution in [1.29, 1.82) is 0 Å². The average Bonchev–Trinajstić information content (AvgIpc) is 3.04. The van der Waals surface area contributed by atoms with Gasteiger partial charge < -0.3 is 4.74 Å². The first-order valence-corrected chi connectivity index (χ1v) is 10.4. The van der Waals surface area contributed by atoms with Gasteiger partial charge in [-0.2, -0.15) is 0 Å². The lowest BCUT2D eigenvalue weighted by Gasteiger charge is -2.58. The van der Waals surface area contributed by atoms with Crippen molar-refractivity contribution in [1.82, 2.24) is 0 Å². The van der Waals surface area contributed by atoms with Gasteiger partial charge in [-0.15, -0.1) is 0 Å². The van der Waals surface area contributed by atoms with Crippen LogP contribution in [0.2, 0.25) is 0 Å². The zero-order valence-corrected chi connectivity index (χ0v) is 15.6. The molecule has 0 aromatic heterocycles. The molecule has 0 saturated heterocycles. The van der Waals surface area contributed by atoms with Crippen LogP contribution in [0.3, 0.4) is 0 Å². The molecule has 0 spiro atoms. The minimum Gasteiger partial charge on any atom is -0.455 e. The van der Waals surface area contributed by atoms with Crippen LogP contribution in [0.25, 0.3) is 0 Å². The molecular weight excluding hydrogens is 364 g/mol. The lowest BCUT2D eigenvalue weighted by atomic mass is 9.51. The minimum absolute atomic E-state index is 0.101. The van der Waals surface area contributed by atoms with Crippen molar-refractivity contribution >= 4 is 21.9 Å². The number of hydrogen-bond donors (Lipinski definition) is 0. The van der Waals surface area contributed by atoms with E-state index in [9.17, 15) is 4.79 Å². The highest BCUT2D eigenvalue weighted by Gasteiger charge is 2.62. The Bertz CT molecular complexity index is 654. The molecule has 5 rings (SSSR count). The summed E-state index contributed by atoms with van der Waals surface area (Å²) in [6.45, 7) is 0. The molecule has 4 aliphatic carbocycles. The van der Waals surface area contributed by atoms with Crippen molar-refractivity contribution in [3.05, 3.63) is 34.3 Å². The Kier molecular flexibility index (Phi) is 3.59. The molecule has 4 saturated carbocycles. The molecule has 128 valence electrons. The Morgan fingerprint density at radius 3 is 2.71 bits per heavy atom. The summed E-state index contributed by atoms with van der Waals surface area (Å²) in [5.41, 5.74) is 0.542. The molecule has 0 heterocycles. The van der Waals surface area contributed by atoms with Gasteiger partial charge in [0.1, 0.15) is 5.60 Å². The van der Waals surface area contributed by atoms with E-state index in [0.29, 0.717) is 17.4 Å². The van der Waals surface area contributed by atoms with Gasteiger partial charge in [-0.25, -0.2) is 4.79 Å². The van der Waals surface area contributed by atoms with Crippen LogP contribution in [0.15, 0.2) is 28.7 Å². The first kappa shape index (κ1) is 15.4. The van der Waals surface area contributed by atoms with Gasteiger partial charge in [-0.1, -0.05) is 22.4 Å². The van der Waals surface area contributed by atoms with Gasteiger partial charge in [-0.3, -0.25) is 0 Å². The summed E-state index contributed by atoms with van der Waals surface area (Å²) in [4.78, 5) is 12.9. The molecule has 4 bridgehead atoms. The molecule has 0 amide bonds. The monoisotopic (exact) mass is 388 g/mol. The fraction of sp³-hybridized carbons (Fsp3) is 0.667. The number of carbonyl (C=O) groups excluding carboxylic acids is 1. The molecular formula is C21H25BrO2. The second kappa shape index (κ2) is 5.59. The third-order valence-corrected chi connectivity index (χ3v) is 8.24. The molecule has 0 unspecified atom stereocenters. The van der Waals surface area contributed by atoms with Crippen LogP contribution in [-0.4, -0.2) is 11.6 Å². The van der Waals surface area contributed by atoms with E-state index in [2.05, 4.69) is 15.9 Å². The number of ether oxygens (including phenoxy) is 1. The van der Waals surface area contributed by atoms with Crippen LogP contribution < -0.4 is 0 Å². The van der Waals surface area contributed by atoms with Crippen molar-refractivity contribution in [3.8, 4) is 0 Å². The van der Waals surface area contributed by atoms with Crippen LogP contribution in [-0.2, 0) is 4.74 Å². The SMILES string of the molecule is O=C(O[C@@]12CC[C@H]3CC[C@H]([C@H]4CC[C@H]1C4)[C@H]2C3)c1ccc(Br)cc1. The fourth-order valence-electron chi connectivity index (χ4n) is 6.67. The largest absolute Gasteiger partial charge is 0.455 e. The molecule has 6 atom stereocenters. The first-order chi connectivity index (χ1) is 11.7. The Labute approximate surface area is 152 Å². The maximum absolute atomic E-state index is 12.9. The van der Waals surface area contributed by atoms with E-state index in [-0.39, 0.29) is 11.6 Å². The summed E-state index contributed by atoms with van der Waals surface area (Å²) in [5, 5.41) is 0. The second-order valence-corrected chi connectivity index (χ2v) is 9.53. The van der Waals surface area contributed by atoms with Gasteiger partial charge in [0.25, 0.3) is 0 Å². The highest BCUT2D eigenvalue weighted by atomic mass is 79.9. The maximum atomic E-state index is 12.9. The maximum Gasteiger partial charge on any atom is 0.338 e. The van der Waals surface area contributed by atoms with Crippen LogP contribution >= 0.6 is 15.9 Å². The summed E-state index contributed by atoms with van der Waals surface area (Å²) < 4.78 is 7.44. The number of halogens is 1. The van der Waals surface area contributed by atoms with Gasteiger partial charge in [0.05, 0.1) is 5.56 Å². The Balaban J connectivity index is 1.47. The molecule has 1 aromatic rings. The van der Waals surface area contributed by atoms with Crippen molar-refractivity contribution in [2.75, 3.05) is 0 Å². The first-order valence-electron chi connectivity index (χ1n) is 9.64. The number of benzene rings is 1. The number of rotatable bonds is 2. The van der Waals surface area contributed by atoms with E-state index in [0.717, 1.165) is 28.6 Å². The van der Waals surface area contributed by atoms with Gasteiger partial charge in [0.2, 0.25) is 0 Å². The summed E-state index contributed by atoms with van der Waals surface area (Å²) in [7, 11) is 0. The predicted octanol–water partition coefficient (Wildman–Crippen LogP) is 5.60. The Morgan fingerprint density at radius 1 is 1.04 bits per heavy atom. The normalized spacial score (nSPS) is 42.6. The molecule has 4 aliphatic rings. The van der Waals surface area contributed by atoms with E-state index < -0.39 is 0 Å². The average molecular weight is 389 g/mol. The van der Waals surface area contributed by atoms with E-state index >= 15 is 0 Å². The zero-order chi connectivity index (χ0) is 16.3. The van der Waals surface area contributed by atoms with E-state index in [1.165, 1.54) is 44.9 Å². The zero-order valence-electron chi connectivity index (χ0n) is 14.0. The van der Waals surface area contributed by atoms with Crippen LogP contribution in [0.4, 0.5) is 0 Å². The second-order valence-electron chi connectivity index (χ2n) is 8.61. The van der Waals surface area contributed by atoms with Crippen LogP contribution in [0, 0.1) is 29.6 Å². The molecule has 0 aliphatic heterocycles. The number of hydrogen-bond acceptors (Lipinski definition) is 2. The molecule has 4 fully saturated rings. The summed E-state index contributed by atoms with van der Waals surface area (Å²) >= 11 is 3.44. The number of esters is 1. The number of fused-ring (bicyclic) bond motifs is 5. The van der Waals surface area contributed by atoms with Gasteiger partial charge in [-0.05, 0) is 92.9 Å². The van der Waals surface area contributed by atoms with Gasteiger partial charge in [0, 0.05) is 10.4 Å². The quantitative estimate of drug-likeness (QED) is 0.616. The molecule has 24 heavy (non-hydrogen) atoms. The molecule has 0 radical (unpaired) electrons. The summed E-state index contributed by atoms with van der Waals surface area (Å²) in [5.74, 6) is 3.77. The molecule has 3 heteroatoms. The fourth-order valence-corrected chi connectivity index (χ4v) is 6.93. The van der Waals surface area contributed by atoms with E-state index in [1.54, 1.807) is 0 Å². The van der Waals surface area contributed by atoms with Crippen LogP contribution in [0.1, 0.15) is 61.7 Å². The molecule has 2 nitrogen and oxygen atoms in total. The van der Waals surface area contributed by atoms with Gasteiger partial charge in [0.15, 0.2) is 0 Å². The lowest BCUT2D eigenvalue weighted by Crippen LogP contribution is -2.58. The van der Waals surface area contributed by atoms with Crippen molar-refractivity contribution in [3.63, 3.8) is 0 Å². The van der Waals surface area contributed by atoms with Crippen molar-refractivity contribution in [2.24, 2.45) is 29.6 Å². The van der Waals surface area contributed by atoms with Crippen molar-refractivity contribution in [2.45, 2.75) is 57.0 Å². The van der Waals surface area contributed by atoms with Crippen LogP contribution in [0.5, 0.6) is 0 Å². The lowest BCUT2D eigenvalue weighted by molar-refractivity contribution is -0.167. The predicted molar refractivity (Wildman–Crippen MR) is 96.7 cm³/mol. The summed E-state index contributed by atoms with van der Waals surface area (Å²) in [6.07, 6.45) is 10.4. The minimum atomic E-state index is -0.154. The third-order valence-electron chi connectivity index (χ3n) is 7.72. The standard InChI is InChI=1S/C21H25BrO2/c22-17-6-3-14(4-7-17)20(23)24-21-10-9-13-1-8-18(19(21)11-13)15-2-5-16(21)12-15/h3-4,6-7,13,15-16,18-19H,1-2,5,8-12H2/t13-,15+,16+,18-,19-,21+/m1/s1. The third kappa shape index (κ3) is 2.23. The highest BCUT2D eigenvalue weighted by molar-refractivity contribution is 9.10. The number of carbonyl (C=O) groups is 1. The highest BCUT2D eigenvalue weighted by Crippen LogP contribution is 2.64. The van der Waals surface area contributed by atoms with Gasteiger partial charge >= 0.3 is 5.97 Å². The molecule has 0 N–H and O–H groups in total. The molecule has 1 aromatic carbocycles. The summed E-state index contributed by atoms with van der Waals surface area (Å²) in [6, 6.07) is 7.63. The van der Waals surface area contributed by atoms with E-state index in [1.807, 2.05) is 24.3 Å².